The number of aryl methyl sites for hydroxylation is 2. The third-order valence-electron chi connectivity index (χ3n) is 3.09. The molecule has 0 spiro atoms. The van der Waals surface area contributed by atoms with Crippen molar-refractivity contribution >= 4 is 11.0 Å². The van der Waals surface area contributed by atoms with Crippen molar-refractivity contribution < 1.29 is 5.11 Å². The number of aliphatic hydroxyl groups is 1. The molecule has 0 fully saturated rings. The van der Waals surface area contributed by atoms with Gasteiger partial charge in [-0.3, -0.25) is 0 Å². The average molecular weight is 202 g/mol. The molecule has 78 valence electrons. The molecule has 0 aliphatic carbocycles. The topological polar surface area (TPSA) is 38.0 Å². The van der Waals surface area contributed by atoms with Crippen molar-refractivity contribution in [1.82, 2.24) is 9.55 Å². The Morgan fingerprint density at radius 3 is 3.20 bits per heavy atom. The monoisotopic (exact) mass is 202 g/mol. The van der Waals surface area contributed by atoms with Gasteiger partial charge in [0.1, 0.15) is 11.9 Å². The fourth-order valence-corrected chi connectivity index (χ4v) is 2.32. The average Bonchev–Trinajstić information content (AvgIpc) is 2.57. The molecule has 1 atom stereocenters. The maximum absolute atomic E-state index is 9.85. The number of imidazole rings is 1. The lowest BCUT2D eigenvalue weighted by atomic mass is 10.1. The third kappa shape index (κ3) is 1.27. The van der Waals surface area contributed by atoms with Crippen LogP contribution < -0.4 is 0 Å². The van der Waals surface area contributed by atoms with Crippen molar-refractivity contribution in [1.29, 1.82) is 0 Å². The van der Waals surface area contributed by atoms with E-state index >= 15 is 0 Å². The van der Waals surface area contributed by atoms with Gasteiger partial charge in [-0.05, 0) is 37.5 Å². The molecule has 2 aromatic rings. The Balaban J connectivity index is 2.30. The standard InChI is InChI=1S/C12H14N2O/c1-8-4-5-10-9(7-8)13-12-11(15)3-2-6-14(10)12/h4-5,7,11,15H,2-3,6H2,1H3. The number of fused-ring (bicyclic) bond motifs is 3. The van der Waals surface area contributed by atoms with Gasteiger partial charge >= 0.3 is 0 Å². The fourth-order valence-electron chi connectivity index (χ4n) is 2.32. The molecule has 1 aromatic heterocycles. The number of nitrogens with zero attached hydrogens (tertiary/aromatic N) is 2. The molecule has 2 heterocycles. The Morgan fingerprint density at radius 2 is 2.33 bits per heavy atom. The minimum absolute atomic E-state index is 0.383. The zero-order valence-corrected chi connectivity index (χ0v) is 8.77. The van der Waals surface area contributed by atoms with E-state index in [1.165, 1.54) is 5.56 Å². The van der Waals surface area contributed by atoms with E-state index in [9.17, 15) is 5.11 Å². The predicted molar refractivity (Wildman–Crippen MR) is 58.7 cm³/mol. The SMILES string of the molecule is Cc1ccc2c(c1)nc1n2CCCC1O. The molecule has 1 unspecified atom stereocenters. The maximum Gasteiger partial charge on any atom is 0.138 e. The van der Waals surface area contributed by atoms with E-state index in [1.807, 2.05) is 0 Å². The van der Waals surface area contributed by atoms with Crippen molar-refractivity contribution in [2.45, 2.75) is 32.4 Å². The summed E-state index contributed by atoms with van der Waals surface area (Å²) in [6, 6.07) is 6.27. The van der Waals surface area contributed by atoms with Crippen LogP contribution in [0.4, 0.5) is 0 Å². The number of hydrogen-bond acceptors (Lipinski definition) is 2. The van der Waals surface area contributed by atoms with Crippen LogP contribution in [0.5, 0.6) is 0 Å². The molecule has 0 amide bonds. The van der Waals surface area contributed by atoms with Gasteiger partial charge in [0.05, 0.1) is 11.0 Å². The van der Waals surface area contributed by atoms with Gasteiger partial charge in [-0.25, -0.2) is 4.98 Å². The lowest BCUT2D eigenvalue weighted by molar-refractivity contribution is 0.135. The summed E-state index contributed by atoms with van der Waals surface area (Å²) in [5, 5.41) is 9.85. The second-order valence-electron chi connectivity index (χ2n) is 4.27. The van der Waals surface area contributed by atoms with E-state index in [2.05, 4.69) is 34.7 Å². The highest BCUT2D eigenvalue weighted by molar-refractivity contribution is 5.77. The maximum atomic E-state index is 9.85. The molecule has 3 heteroatoms. The van der Waals surface area contributed by atoms with E-state index in [4.69, 9.17) is 0 Å². The predicted octanol–water partition coefficient (Wildman–Crippen LogP) is 2.17. The molecule has 1 aromatic carbocycles. The molecular formula is C12H14N2O. The van der Waals surface area contributed by atoms with E-state index < -0.39 is 0 Å². The summed E-state index contributed by atoms with van der Waals surface area (Å²) >= 11 is 0. The smallest absolute Gasteiger partial charge is 0.138 e. The number of rotatable bonds is 0. The van der Waals surface area contributed by atoms with Crippen molar-refractivity contribution in [2.75, 3.05) is 0 Å². The zero-order chi connectivity index (χ0) is 10.4. The third-order valence-corrected chi connectivity index (χ3v) is 3.09. The lowest BCUT2D eigenvalue weighted by Gasteiger charge is -2.19. The van der Waals surface area contributed by atoms with E-state index in [0.717, 1.165) is 36.2 Å². The summed E-state index contributed by atoms with van der Waals surface area (Å²) in [7, 11) is 0. The Morgan fingerprint density at radius 1 is 1.47 bits per heavy atom. The molecule has 1 aliphatic rings. The molecular weight excluding hydrogens is 188 g/mol. The zero-order valence-electron chi connectivity index (χ0n) is 8.77. The lowest BCUT2D eigenvalue weighted by Crippen LogP contribution is -2.15. The van der Waals surface area contributed by atoms with Crippen molar-refractivity contribution in [2.24, 2.45) is 0 Å². The first kappa shape index (κ1) is 8.92. The highest BCUT2D eigenvalue weighted by Gasteiger charge is 2.21. The summed E-state index contributed by atoms with van der Waals surface area (Å²) < 4.78 is 2.14. The van der Waals surface area contributed by atoms with Crippen molar-refractivity contribution in [3.05, 3.63) is 29.6 Å². The molecule has 0 radical (unpaired) electrons. The second-order valence-corrected chi connectivity index (χ2v) is 4.27. The van der Waals surface area contributed by atoms with Crippen LogP contribution in [-0.4, -0.2) is 14.7 Å². The van der Waals surface area contributed by atoms with Crippen LogP contribution in [0.15, 0.2) is 18.2 Å². The largest absolute Gasteiger partial charge is 0.385 e. The highest BCUT2D eigenvalue weighted by Crippen LogP contribution is 2.28. The van der Waals surface area contributed by atoms with Gasteiger partial charge in [0.25, 0.3) is 0 Å². The Labute approximate surface area is 88.4 Å². The van der Waals surface area contributed by atoms with Gasteiger partial charge in [-0.15, -0.1) is 0 Å². The Kier molecular flexibility index (Phi) is 1.83. The molecule has 3 rings (SSSR count). The normalized spacial score (nSPS) is 20.5. The minimum Gasteiger partial charge on any atom is -0.385 e. The van der Waals surface area contributed by atoms with Gasteiger partial charge in [-0.2, -0.15) is 0 Å². The van der Waals surface area contributed by atoms with Gasteiger partial charge in [0.15, 0.2) is 0 Å². The van der Waals surface area contributed by atoms with Crippen LogP contribution in [0.3, 0.4) is 0 Å². The molecule has 0 saturated heterocycles. The van der Waals surface area contributed by atoms with Crippen LogP contribution in [0.1, 0.15) is 30.3 Å². The molecule has 1 N–H and O–H groups in total. The first-order valence-corrected chi connectivity index (χ1v) is 5.40. The van der Waals surface area contributed by atoms with Gasteiger partial charge in [-0.1, -0.05) is 6.07 Å². The second kappa shape index (κ2) is 3.07. The van der Waals surface area contributed by atoms with Gasteiger partial charge < -0.3 is 9.67 Å². The van der Waals surface area contributed by atoms with E-state index in [0.29, 0.717) is 0 Å². The van der Waals surface area contributed by atoms with Crippen LogP contribution in [0, 0.1) is 6.92 Å². The van der Waals surface area contributed by atoms with Crippen molar-refractivity contribution in [3.63, 3.8) is 0 Å². The summed E-state index contributed by atoms with van der Waals surface area (Å²) in [5.74, 6) is 0.835. The van der Waals surface area contributed by atoms with Crippen LogP contribution in [0.2, 0.25) is 0 Å². The van der Waals surface area contributed by atoms with Gasteiger partial charge in [0, 0.05) is 6.54 Å². The Bertz CT molecular complexity index is 516. The molecule has 15 heavy (non-hydrogen) atoms. The first-order chi connectivity index (χ1) is 7.25. The van der Waals surface area contributed by atoms with Gasteiger partial charge in [0.2, 0.25) is 0 Å². The molecule has 0 bridgehead atoms. The van der Waals surface area contributed by atoms with Crippen LogP contribution in [0.25, 0.3) is 11.0 Å². The summed E-state index contributed by atoms with van der Waals surface area (Å²) in [6.45, 7) is 3.04. The molecule has 1 aliphatic heterocycles. The molecule has 3 nitrogen and oxygen atoms in total. The van der Waals surface area contributed by atoms with Crippen molar-refractivity contribution in [3.8, 4) is 0 Å². The van der Waals surface area contributed by atoms with Crippen LogP contribution in [-0.2, 0) is 6.54 Å². The molecule has 0 saturated carbocycles. The minimum atomic E-state index is -0.383. The highest BCUT2D eigenvalue weighted by atomic mass is 16.3. The fraction of sp³-hybridized carbons (Fsp3) is 0.417. The number of hydrogen-bond donors (Lipinski definition) is 1. The number of aliphatic hydroxyl groups excluding tert-OH is 1. The summed E-state index contributed by atoms with van der Waals surface area (Å²) in [4.78, 5) is 4.51. The van der Waals surface area contributed by atoms with E-state index in [-0.39, 0.29) is 6.10 Å². The van der Waals surface area contributed by atoms with Crippen LogP contribution >= 0.6 is 0 Å². The quantitative estimate of drug-likeness (QED) is 0.711. The number of benzene rings is 1. The summed E-state index contributed by atoms with van der Waals surface area (Å²) in [6.07, 6.45) is 1.49. The number of aromatic nitrogens is 2. The first-order valence-electron chi connectivity index (χ1n) is 5.40. The van der Waals surface area contributed by atoms with E-state index in [1.54, 1.807) is 0 Å². The Hall–Kier alpha value is -1.35. The summed E-state index contributed by atoms with van der Waals surface area (Å²) in [5.41, 5.74) is 3.37.